The minimum absolute atomic E-state index is 0.0195. The Bertz CT molecular complexity index is 1180. The molecule has 10 heteroatoms. The third-order valence-corrected chi connectivity index (χ3v) is 9.83. The monoisotopic (exact) mass is 807 g/mol. The molecule has 0 aliphatic rings. The fourth-order valence-corrected chi connectivity index (χ4v) is 6.17. The van der Waals surface area contributed by atoms with Crippen LogP contribution in [0.3, 0.4) is 0 Å². The van der Waals surface area contributed by atoms with E-state index in [0.29, 0.717) is 17.4 Å². The quantitative estimate of drug-likeness (QED) is 0.0216. The van der Waals surface area contributed by atoms with Crippen molar-refractivity contribution in [3.63, 3.8) is 0 Å². The highest BCUT2D eigenvalue weighted by atomic mass is 31.2. The van der Waals surface area contributed by atoms with Gasteiger partial charge in [-0.3, -0.25) is 18.6 Å². The van der Waals surface area contributed by atoms with Crippen LogP contribution in [0.5, 0.6) is 0 Å². The van der Waals surface area contributed by atoms with E-state index in [2.05, 4.69) is 50.3 Å². The molecule has 0 aromatic rings. The normalized spacial score (nSPS) is 14.3. The van der Waals surface area contributed by atoms with Gasteiger partial charge < -0.3 is 18.9 Å². The van der Waals surface area contributed by atoms with Crippen molar-refractivity contribution in [3.8, 4) is 0 Å². The number of ether oxygens (including phenoxy) is 2. The summed E-state index contributed by atoms with van der Waals surface area (Å²) in [6.45, 7) is 4.18. The Labute approximate surface area is 342 Å². The molecule has 2 unspecified atom stereocenters. The molecule has 2 atom stereocenters. The molecule has 0 bridgehead atoms. The highest BCUT2D eigenvalue weighted by Gasteiger charge is 2.27. The first-order valence-electron chi connectivity index (χ1n) is 21.7. The average Bonchev–Trinajstić information content (AvgIpc) is 3.15. The maximum atomic E-state index is 12.6. The van der Waals surface area contributed by atoms with E-state index in [-0.39, 0.29) is 32.0 Å². The average molecular weight is 807 g/mol. The first-order chi connectivity index (χ1) is 27.0. The molecule has 0 saturated heterocycles. The molecule has 0 fully saturated rings. The molecule has 322 valence electrons. The molecule has 0 aliphatic heterocycles. The number of unbranched alkanes of at least 4 members (excludes halogenated alkanes) is 16. The van der Waals surface area contributed by atoms with Gasteiger partial charge in [-0.1, -0.05) is 157 Å². The van der Waals surface area contributed by atoms with Gasteiger partial charge in [-0.05, 0) is 57.8 Å². The van der Waals surface area contributed by atoms with Crippen molar-refractivity contribution >= 4 is 19.8 Å². The number of esters is 2. The van der Waals surface area contributed by atoms with Crippen LogP contribution in [0.2, 0.25) is 0 Å². The van der Waals surface area contributed by atoms with Gasteiger partial charge in [-0.15, -0.1) is 0 Å². The Balaban J connectivity index is 4.39. The minimum Gasteiger partial charge on any atom is -0.462 e. The molecule has 56 heavy (non-hydrogen) atoms. The van der Waals surface area contributed by atoms with E-state index in [4.69, 9.17) is 18.5 Å². The van der Waals surface area contributed by atoms with Crippen LogP contribution in [0.15, 0.2) is 72.9 Å². The van der Waals surface area contributed by atoms with E-state index in [1.165, 1.54) is 70.6 Å². The maximum absolute atomic E-state index is 12.6. The van der Waals surface area contributed by atoms with Crippen LogP contribution < -0.4 is 0 Å². The Morgan fingerprint density at radius 3 is 1.55 bits per heavy atom. The third kappa shape index (κ3) is 41.1. The molecule has 0 aliphatic carbocycles. The molecule has 0 aromatic heterocycles. The van der Waals surface area contributed by atoms with E-state index in [0.717, 1.165) is 51.4 Å². The lowest BCUT2D eigenvalue weighted by Crippen LogP contribution is -2.37. The minimum atomic E-state index is -4.39. The number of quaternary nitrogens is 1. The maximum Gasteiger partial charge on any atom is 0.472 e. The van der Waals surface area contributed by atoms with Crippen molar-refractivity contribution in [1.29, 1.82) is 0 Å². The number of nitrogens with zero attached hydrogens (tertiary/aromatic N) is 1. The molecular formula is C46H81NO8P+. The summed E-state index contributed by atoms with van der Waals surface area (Å²) in [5.74, 6) is -0.855. The van der Waals surface area contributed by atoms with Gasteiger partial charge in [0, 0.05) is 12.8 Å². The number of phosphoric ester groups is 1. The number of hydrogen-bond acceptors (Lipinski definition) is 7. The van der Waals surface area contributed by atoms with Gasteiger partial charge in [-0.2, -0.15) is 0 Å². The van der Waals surface area contributed by atoms with Crippen molar-refractivity contribution in [3.05, 3.63) is 72.9 Å². The molecule has 0 amide bonds. The summed E-state index contributed by atoms with van der Waals surface area (Å²) in [4.78, 5) is 35.3. The lowest BCUT2D eigenvalue weighted by molar-refractivity contribution is -0.870. The van der Waals surface area contributed by atoms with Crippen molar-refractivity contribution in [2.75, 3.05) is 47.5 Å². The molecule has 0 spiro atoms. The second kappa shape index (κ2) is 38.0. The van der Waals surface area contributed by atoms with Crippen LogP contribution in [-0.4, -0.2) is 74.9 Å². The summed E-state index contributed by atoms with van der Waals surface area (Å²) in [5.41, 5.74) is 0. The Hall–Kier alpha value is -2.55. The van der Waals surface area contributed by atoms with Crippen LogP contribution in [0.4, 0.5) is 0 Å². The number of carbonyl (C=O) groups excluding carboxylic acids is 2. The van der Waals surface area contributed by atoms with E-state index in [1.807, 2.05) is 57.6 Å². The topological polar surface area (TPSA) is 108 Å². The van der Waals surface area contributed by atoms with Gasteiger partial charge in [0.2, 0.25) is 0 Å². The first-order valence-corrected chi connectivity index (χ1v) is 23.2. The van der Waals surface area contributed by atoms with Gasteiger partial charge in [0.15, 0.2) is 6.10 Å². The molecule has 0 rings (SSSR count). The summed E-state index contributed by atoms with van der Waals surface area (Å²) >= 11 is 0. The highest BCUT2D eigenvalue weighted by molar-refractivity contribution is 7.47. The van der Waals surface area contributed by atoms with Crippen LogP contribution in [0.25, 0.3) is 0 Å². The van der Waals surface area contributed by atoms with Gasteiger partial charge in [0.1, 0.15) is 19.8 Å². The second-order valence-electron chi connectivity index (χ2n) is 15.5. The van der Waals surface area contributed by atoms with Crippen molar-refractivity contribution in [2.24, 2.45) is 0 Å². The summed E-state index contributed by atoms with van der Waals surface area (Å²) in [7, 11) is 1.43. The number of rotatable bonds is 38. The highest BCUT2D eigenvalue weighted by Crippen LogP contribution is 2.43. The SMILES string of the molecule is CC/C=C/C=C/C=C/C=C/CCCCCC(=O)OC(COC(=O)CCCCCCCCCCCC/C=C/C=C/CCCCC)COP(=O)(O)OCC[N+](C)(C)C. The van der Waals surface area contributed by atoms with Crippen molar-refractivity contribution in [2.45, 2.75) is 161 Å². The van der Waals surface area contributed by atoms with Crippen LogP contribution in [-0.2, 0) is 32.7 Å². The number of likely N-dealkylation sites (N-methyl/N-ethyl adjacent to an activating group) is 1. The Morgan fingerprint density at radius 1 is 0.571 bits per heavy atom. The van der Waals surface area contributed by atoms with Gasteiger partial charge >= 0.3 is 19.8 Å². The zero-order chi connectivity index (χ0) is 41.4. The fraction of sp³-hybridized carbons (Fsp3) is 0.696. The molecular weight excluding hydrogens is 725 g/mol. The summed E-state index contributed by atoms with van der Waals surface area (Å²) in [6, 6.07) is 0. The van der Waals surface area contributed by atoms with Crippen LogP contribution in [0, 0.1) is 0 Å². The standard InChI is InChI=1S/C46H80NO8P/c1-6-8-10-12-14-16-18-20-21-22-23-24-25-27-28-30-32-34-36-38-45(48)52-42-44(43-54-56(50,51)53-41-40-47(3,4)5)55-46(49)39-37-35-33-31-29-26-19-17-15-13-11-9-7-2/h9,11,13-20,26,29,44H,6-8,10,12,21-25,27-28,30-43H2,1-5H3/p+1/b11-9+,15-13+,16-14+,19-17+,20-18+,29-26+. The van der Waals surface area contributed by atoms with E-state index < -0.39 is 26.5 Å². The lowest BCUT2D eigenvalue weighted by Gasteiger charge is -2.24. The number of hydrogen-bond donors (Lipinski definition) is 1. The zero-order valence-electron chi connectivity index (χ0n) is 36.1. The van der Waals surface area contributed by atoms with Gasteiger partial charge in [-0.25, -0.2) is 4.57 Å². The third-order valence-electron chi connectivity index (χ3n) is 8.84. The van der Waals surface area contributed by atoms with E-state index in [1.54, 1.807) is 0 Å². The predicted molar refractivity (Wildman–Crippen MR) is 233 cm³/mol. The molecule has 0 saturated carbocycles. The Morgan fingerprint density at radius 2 is 1.02 bits per heavy atom. The molecule has 0 aromatic carbocycles. The number of carbonyl (C=O) groups is 2. The van der Waals surface area contributed by atoms with Gasteiger partial charge in [0.25, 0.3) is 0 Å². The summed E-state index contributed by atoms with van der Waals surface area (Å²) < 4.78 is 34.2. The summed E-state index contributed by atoms with van der Waals surface area (Å²) in [5, 5.41) is 0. The Kier molecular flexibility index (Phi) is 36.3. The van der Waals surface area contributed by atoms with Crippen LogP contribution >= 0.6 is 7.82 Å². The van der Waals surface area contributed by atoms with Gasteiger partial charge in [0.05, 0.1) is 27.7 Å². The molecule has 9 nitrogen and oxygen atoms in total. The zero-order valence-corrected chi connectivity index (χ0v) is 37.0. The molecule has 0 radical (unpaired) electrons. The number of allylic oxidation sites excluding steroid dienone is 12. The second-order valence-corrected chi connectivity index (χ2v) is 16.9. The lowest BCUT2D eigenvalue weighted by atomic mass is 10.1. The fourth-order valence-electron chi connectivity index (χ4n) is 5.43. The largest absolute Gasteiger partial charge is 0.472 e. The van der Waals surface area contributed by atoms with Crippen molar-refractivity contribution < 1.29 is 42.1 Å². The van der Waals surface area contributed by atoms with Crippen molar-refractivity contribution in [1.82, 2.24) is 0 Å². The first kappa shape index (κ1) is 53.5. The smallest absolute Gasteiger partial charge is 0.462 e. The molecule has 0 heterocycles. The number of phosphoric acid groups is 1. The summed E-state index contributed by atoms with van der Waals surface area (Å²) in [6.07, 6.45) is 46.7. The molecule has 1 N–H and O–H groups in total. The van der Waals surface area contributed by atoms with E-state index >= 15 is 0 Å². The van der Waals surface area contributed by atoms with Crippen LogP contribution in [0.1, 0.15) is 155 Å². The predicted octanol–water partition coefficient (Wildman–Crippen LogP) is 12.2. The van der Waals surface area contributed by atoms with E-state index in [9.17, 15) is 19.0 Å².